The van der Waals surface area contributed by atoms with Crippen LogP contribution in [0.25, 0.3) is 0 Å². The van der Waals surface area contributed by atoms with E-state index in [-0.39, 0.29) is 12.0 Å². The third-order valence-corrected chi connectivity index (χ3v) is 6.64. The molecule has 0 bridgehead atoms. The number of likely N-dealkylation sites (N-methyl/N-ethyl adjacent to an activating group) is 2. The molecular formula is C26H35N3O2. The average molecular weight is 422 g/mol. The van der Waals surface area contributed by atoms with E-state index in [0.29, 0.717) is 18.2 Å². The van der Waals surface area contributed by atoms with Crippen molar-refractivity contribution >= 4 is 5.91 Å². The lowest BCUT2D eigenvalue weighted by atomic mass is 10.0. The first-order valence-corrected chi connectivity index (χ1v) is 11.5. The van der Waals surface area contributed by atoms with Crippen LogP contribution in [-0.2, 0) is 12.8 Å². The van der Waals surface area contributed by atoms with Gasteiger partial charge in [-0.05, 0) is 69.1 Å². The fourth-order valence-corrected chi connectivity index (χ4v) is 4.72. The summed E-state index contributed by atoms with van der Waals surface area (Å²) < 4.78 is 6.29. The molecule has 4 rings (SSSR count). The van der Waals surface area contributed by atoms with Gasteiger partial charge in [-0.2, -0.15) is 0 Å². The number of hydrogen-bond donors (Lipinski definition) is 0. The van der Waals surface area contributed by atoms with Crippen molar-refractivity contribution in [3.8, 4) is 5.75 Å². The summed E-state index contributed by atoms with van der Waals surface area (Å²) in [5.74, 6) is 0.849. The van der Waals surface area contributed by atoms with Gasteiger partial charge < -0.3 is 14.5 Å². The molecule has 1 fully saturated rings. The zero-order valence-electron chi connectivity index (χ0n) is 19.1. The molecule has 0 atom stereocenters. The van der Waals surface area contributed by atoms with Gasteiger partial charge in [0.2, 0.25) is 0 Å². The first-order valence-electron chi connectivity index (χ1n) is 11.5. The monoisotopic (exact) mass is 421 g/mol. The van der Waals surface area contributed by atoms with Gasteiger partial charge in [0.25, 0.3) is 5.91 Å². The molecule has 1 saturated heterocycles. The van der Waals surface area contributed by atoms with Crippen LogP contribution in [0.3, 0.4) is 0 Å². The van der Waals surface area contributed by atoms with Crippen LogP contribution < -0.4 is 4.74 Å². The normalized spacial score (nSPS) is 17.7. The third kappa shape index (κ3) is 5.46. The summed E-state index contributed by atoms with van der Waals surface area (Å²) >= 11 is 0. The SMILES string of the molecule is CN(C)CCN(C)C(=O)c1cccc(OC2CCN(C3Cc4ccccc4C3)CC2)c1. The lowest BCUT2D eigenvalue weighted by Gasteiger charge is -2.36. The highest BCUT2D eigenvalue weighted by Gasteiger charge is 2.30. The molecule has 0 spiro atoms. The van der Waals surface area contributed by atoms with Crippen molar-refractivity contribution in [3.63, 3.8) is 0 Å². The standard InChI is InChI=1S/C26H35N3O2/c1-27(2)15-16-28(3)26(30)22-9-6-10-25(19-22)31-24-11-13-29(14-12-24)23-17-20-7-4-5-8-21(20)18-23/h4-10,19,23-24H,11-18H2,1-3H3. The summed E-state index contributed by atoms with van der Waals surface area (Å²) in [6.07, 6.45) is 4.64. The Kier molecular flexibility index (Phi) is 6.93. The molecule has 0 unspecified atom stereocenters. The number of likely N-dealkylation sites (tertiary alicyclic amines) is 1. The largest absolute Gasteiger partial charge is 0.490 e. The topological polar surface area (TPSA) is 36.0 Å². The van der Waals surface area contributed by atoms with Gasteiger partial charge in [0, 0.05) is 44.8 Å². The van der Waals surface area contributed by atoms with Gasteiger partial charge in [-0.3, -0.25) is 9.69 Å². The number of amides is 1. The van der Waals surface area contributed by atoms with Crippen molar-refractivity contribution in [1.82, 2.24) is 14.7 Å². The zero-order chi connectivity index (χ0) is 21.8. The first-order chi connectivity index (χ1) is 15.0. The van der Waals surface area contributed by atoms with E-state index in [4.69, 9.17) is 4.74 Å². The summed E-state index contributed by atoms with van der Waals surface area (Å²) in [5.41, 5.74) is 3.73. The molecule has 1 heterocycles. The molecular weight excluding hydrogens is 386 g/mol. The number of benzene rings is 2. The summed E-state index contributed by atoms with van der Waals surface area (Å²) in [6.45, 7) is 3.72. The van der Waals surface area contributed by atoms with E-state index < -0.39 is 0 Å². The molecule has 31 heavy (non-hydrogen) atoms. The molecule has 2 aromatic rings. The second-order valence-electron chi connectivity index (χ2n) is 9.24. The van der Waals surface area contributed by atoms with E-state index in [1.807, 2.05) is 45.4 Å². The highest BCUT2D eigenvalue weighted by atomic mass is 16.5. The number of carbonyl (C=O) groups is 1. The Labute approximate surface area is 186 Å². The van der Waals surface area contributed by atoms with Crippen LogP contribution in [-0.4, -0.2) is 80.1 Å². The maximum Gasteiger partial charge on any atom is 0.253 e. The van der Waals surface area contributed by atoms with E-state index in [1.54, 1.807) is 4.90 Å². The lowest BCUT2D eigenvalue weighted by Crippen LogP contribution is -2.44. The number of nitrogens with zero attached hydrogens (tertiary/aromatic N) is 3. The van der Waals surface area contributed by atoms with Gasteiger partial charge in [0.15, 0.2) is 0 Å². The first kappa shape index (κ1) is 21.8. The predicted molar refractivity (Wildman–Crippen MR) is 125 cm³/mol. The molecule has 5 nitrogen and oxygen atoms in total. The van der Waals surface area contributed by atoms with E-state index in [0.717, 1.165) is 38.2 Å². The van der Waals surface area contributed by atoms with Gasteiger partial charge >= 0.3 is 0 Å². The minimum absolute atomic E-state index is 0.0444. The number of carbonyl (C=O) groups excluding carboxylic acids is 1. The van der Waals surface area contributed by atoms with Crippen molar-refractivity contribution in [3.05, 3.63) is 65.2 Å². The molecule has 1 amide bonds. The minimum Gasteiger partial charge on any atom is -0.490 e. The molecule has 2 aliphatic rings. The summed E-state index contributed by atoms with van der Waals surface area (Å²) in [6, 6.07) is 17.2. The maximum absolute atomic E-state index is 12.7. The van der Waals surface area contributed by atoms with Crippen LogP contribution in [0.15, 0.2) is 48.5 Å². The van der Waals surface area contributed by atoms with Crippen molar-refractivity contribution < 1.29 is 9.53 Å². The molecule has 166 valence electrons. The third-order valence-electron chi connectivity index (χ3n) is 6.64. The highest BCUT2D eigenvalue weighted by molar-refractivity contribution is 5.94. The maximum atomic E-state index is 12.7. The lowest BCUT2D eigenvalue weighted by molar-refractivity contribution is 0.0758. The van der Waals surface area contributed by atoms with Crippen LogP contribution in [0.5, 0.6) is 5.75 Å². The van der Waals surface area contributed by atoms with Gasteiger partial charge in [-0.1, -0.05) is 30.3 Å². The van der Waals surface area contributed by atoms with Crippen LogP contribution >= 0.6 is 0 Å². The van der Waals surface area contributed by atoms with E-state index in [2.05, 4.69) is 34.1 Å². The van der Waals surface area contributed by atoms with E-state index in [9.17, 15) is 4.79 Å². The molecule has 5 heteroatoms. The van der Waals surface area contributed by atoms with Crippen molar-refractivity contribution in [2.24, 2.45) is 0 Å². The Morgan fingerprint density at radius 1 is 0.968 bits per heavy atom. The Morgan fingerprint density at radius 2 is 1.65 bits per heavy atom. The summed E-state index contributed by atoms with van der Waals surface area (Å²) in [5, 5.41) is 0. The number of rotatable bonds is 7. The fourth-order valence-electron chi connectivity index (χ4n) is 4.72. The molecule has 0 radical (unpaired) electrons. The highest BCUT2D eigenvalue weighted by Crippen LogP contribution is 2.28. The van der Waals surface area contributed by atoms with Crippen molar-refractivity contribution in [2.75, 3.05) is 47.3 Å². The van der Waals surface area contributed by atoms with Crippen molar-refractivity contribution in [1.29, 1.82) is 0 Å². The van der Waals surface area contributed by atoms with Crippen molar-refractivity contribution in [2.45, 2.75) is 37.8 Å². The summed E-state index contributed by atoms with van der Waals surface area (Å²) in [7, 11) is 5.89. The van der Waals surface area contributed by atoms with Crippen LogP contribution in [0.1, 0.15) is 34.3 Å². The Bertz CT molecular complexity index is 865. The fraction of sp³-hybridized carbons (Fsp3) is 0.500. The Morgan fingerprint density at radius 3 is 2.29 bits per heavy atom. The smallest absolute Gasteiger partial charge is 0.253 e. The molecule has 2 aromatic carbocycles. The average Bonchev–Trinajstić information content (AvgIpc) is 3.22. The van der Waals surface area contributed by atoms with E-state index >= 15 is 0 Å². The van der Waals surface area contributed by atoms with Gasteiger partial charge in [0.05, 0.1) is 0 Å². The van der Waals surface area contributed by atoms with Crippen LogP contribution in [0, 0.1) is 0 Å². The predicted octanol–water partition coefficient (Wildman–Crippen LogP) is 3.33. The van der Waals surface area contributed by atoms with Crippen LogP contribution in [0.2, 0.25) is 0 Å². The molecule has 0 aromatic heterocycles. The Hall–Kier alpha value is -2.37. The zero-order valence-corrected chi connectivity index (χ0v) is 19.1. The van der Waals surface area contributed by atoms with E-state index in [1.165, 1.54) is 24.0 Å². The van der Waals surface area contributed by atoms with Crippen LogP contribution in [0.4, 0.5) is 0 Å². The molecule has 1 aliphatic heterocycles. The number of fused-ring (bicyclic) bond motifs is 1. The van der Waals surface area contributed by atoms with Gasteiger partial charge in [-0.25, -0.2) is 0 Å². The number of ether oxygens (including phenoxy) is 1. The summed E-state index contributed by atoms with van der Waals surface area (Å²) in [4.78, 5) is 19.2. The molecule has 0 saturated carbocycles. The number of piperidine rings is 1. The Balaban J connectivity index is 1.28. The van der Waals surface area contributed by atoms with Gasteiger partial charge in [0.1, 0.15) is 11.9 Å². The molecule has 1 aliphatic carbocycles. The molecule has 0 N–H and O–H groups in total. The second kappa shape index (κ2) is 9.84. The number of hydrogen-bond acceptors (Lipinski definition) is 4. The van der Waals surface area contributed by atoms with Gasteiger partial charge in [-0.15, -0.1) is 0 Å². The minimum atomic E-state index is 0.0444. The second-order valence-corrected chi connectivity index (χ2v) is 9.24. The quantitative estimate of drug-likeness (QED) is 0.687.